The Hall–Kier alpha value is -3.92. The molecule has 0 aliphatic rings. The monoisotopic (exact) mass is 438 g/mol. The fourth-order valence-corrected chi connectivity index (χ4v) is 4.01. The minimum absolute atomic E-state index is 0.128. The minimum atomic E-state index is -0.633. The molecule has 158 valence electrons. The minimum Gasteiger partial charge on any atom is -0.493 e. The number of ether oxygens (including phenoxy) is 2. The fourth-order valence-electron chi connectivity index (χ4n) is 3.16. The third-order valence-corrected chi connectivity index (χ3v) is 5.73. The van der Waals surface area contributed by atoms with Crippen molar-refractivity contribution in [2.45, 2.75) is 6.92 Å². The van der Waals surface area contributed by atoms with Crippen molar-refractivity contribution < 1.29 is 19.2 Å². The summed E-state index contributed by atoms with van der Waals surface area (Å²) in [5, 5.41) is 16.2. The molecule has 0 spiro atoms. The van der Waals surface area contributed by atoms with E-state index >= 15 is 0 Å². The Morgan fingerprint density at radius 3 is 2.45 bits per heavy atom. The van der Waals surface area contributed by atoms with Crippen LogP contribution in [0.3, 0.4) is 0 Å². The van der Waals surface area contributed by atoms with Crippen molar-refractivity contribution in [2.24, 2.45) is 0 Å². The van der Waals surface area contributed by atoms with Gasteiger partial charge in [-0.05, 0) is 19.1 Å². The summed E-state index contributed by atoms with van der Waals surface area (Å²) in [6.07, 6.45) is 1.96. The van der Waals surface area contributed by atoms with Crippen LogP contribution in [0.1, 0.15) is 16.1 Å². The summed E-state index contributed by atoms with van der Waals surface area (Å²) in [5.74, 6) is -0.229. The highest BCUT2D eigenvalue weighted by Crippen LogP contribution is 2.35. The average Bonchev–Trinajstić information content (AvgIpc) is 3.35. The maximum absolute atomic E-state index is 12.8. The van der Waals surface area contributed by atoms with E-state index in [0.717, 1.165) is 21.9 Å². The van der Waals surface area contributed by atoms with Crippen molar-refractivity contribution in [3.63, 3.8) is 0 Å². The van der Waals surface area contributed by atoms with Gasteiger partial charge in [0.1, 0.15) is 5.56 Å². The number of aryl methyl sites for hydroxylation is 1. The van der Waals surface area contributed by atoms with Gasteiger partial charge in [-0.1, -0.05) is 12.1 Å². The lowest BCUT2D eigenvalue weighted by molar-refractivity contribution is -0.385. The number of aromatic nitrogens is 2. The fraction of sp³-hybridized carbons (Fsp3) is 0.143. The number of thiazole rings is 1. The molecular weight excluding hydrogens is 420 g/mol. The molecule has 9 nitrogen and oxygen atoms in total. The van der Waals surface area contributed by atoms with Crippen molar-refractivity contribution >= 4 is 33.6 Å². The standard InChI is InChI=1S/C21H18N4O5S/c1-12-11-31-21-23-16(10-24(12)21)13-4-6-14(7-5-13)22-20(26)15-8-18(29-2)19(30-3)9-17(15)25(27)28/h4-11H,1-3H3,(H,22,26). The summed E-state index contributed by atoms with van der Waals surface area (Å²) in [6.45, 7) is 2.01. The molecule has 2 aromatic carbocycles. The van der Waals surface area contributed by atoms with Crippen LogP contribution in [-0.2, 0) is 0 Å². The van der Waals surface area contributed by atoms with Crippen LogP contribution in [0.15, 0.2) is 48.0 Å². The Balaban J connectivity index is 1.59. The number of carbonyl (C=O) groups excluding carboxylic acids is 1. The molecule has 1 amide bonds. The van der Waals surface area contributed by atoms with Crippen LogP contribution in [0.2, 0.25) is 0 Å². The SMILES string of the molecule is COc1cc(C(=O)Nc2ccc(-c3cn4c(C)csc4n3)cc2)c([N+](=O)[O-])cc1OC. The third-order valence-electron chi connectivity index (χ3n) is 4.77. The molecule has 0 atom stereocenters. The highest BCUT2D eigenvalue weighted by atomic mass is 32.1. The van der Waals surface area contributed by atoms with E-state index in [1.165, 1.54) is 26.4 Å². The smallest absolute Gasteiger partial charge is 0.286 e. The molecule has 0 radical (unpaired) electrons. The number of carbonyl (C=O) groups is 1. The first-order valence-corrected chi connectivity index (χ1v) is 10.0. The van der Waals surface area contributed by atoms with Crippen LogP contribution < -0.4 is 14.8 Å². The van der Waals surface area contributed by atoms with Gasteiger partial charge >= 0.3 is 0 Å². The number of rotatable bonds is 6. The van der Waals surface area contributed by atoms with Gasteiger partial charge in [-0.25, -0.2) is 4.98 Å². The van der Waals surface area contributed by atoms with Gasteiger partial charge in [-0.15, -0.1) is 11.3 Å². The van der Waals surface area contributed by atoms with Gasteiger partial charge in [-0.3, -0.25) is 19.3 Å². The molecule has 0 unspecified atom stereocenters. The van der Waals surface area contributed by atoms with E-state index in [1.807, 2.05) is 35.0 Å². The van der Waals surface area contributed by atoms with Crippen molar-refractivity contribution in [2.75, 3.05) is 19.5 Å². The van der Waals surface area contributed by atoms with Gasteiger partial charge in [0.2, 0.25) is 0 Å². The first-order valence-electron chi connectivity index (χ1n) is 9.16. The highest BCUT2D eigenvalue weighted by Gasteiger charge is 2.24. The average molecular weight is 438 g/mol. The van der Waals surface area contributed by atoms with Gasteiger partial charge < -0.3 is 14.8 Å². The number of nitrogens with zero attached hydrogens (tertiary/aromatic N) is 3. The Labute approximate surface area is 181 Å². The Morgan fingerprint density at radius 1 is 1.16 bits per heavy atom. The molecule has 2 heterocycles. The molecule has 2 aromatic heterocycles. The summed E-state index contributed by atoms with van der Waals surface area (Å²) in [5.41, 5.74) is 2.82. The molecule has 0 bridgehead atoms. The number of hydrogen-bond donors (Lipinski definition) is 1. The third kappa shape index (κ3) is 3.80. The first kappa shape index (κ1) is 20.4. The number of methoxy groups -OCH3 is 2. The largest absolute Gasteiger partial charge is 0.493 e. The molecule has 1 N–H and O–H groups in total. The molecule has 10 heteroatoms. The summed E-state index contributed by atoms with van der Waals surface area (Å²) >= 11 is 1.57. The number of imidazole rings is 1. The lowest BCUT2D eigenvalue weighted by Crippen LogP contribution is -2.14. The van der Waals surface area contributed by atoms with Crippen molar-refractivity contribution in [3.05, 3.63) is 69.3 Å². The second-order valence-corrected chi connectivity index (χ2v) is 7.51. The van der Waals surface area contributed by atoms with Gasteiger partial charge in [-0.2, -0.15) is 0 Å². The number of amides is 1. The van der Waals surface area contributed by atoms with Crippen molar-refractivity contribution in [1.29, 1.82) is 0 Å². The molecule has 0 saturated heterocycles. The van der Waals surface area contributed by atoms with E-state index in [-0.39, 0.29) is 22.7 Å². The Bertz CT molecular complexity index is 1290. The van der Waals surface area contributed by atoms with E-state index in [9.17, 15) is 14.9 Å². The van der Waals surface area contributed by atoms with Crippen LogP contribution in [-0.4, -0.2) is 34.4 Å². The molecular formula is C21H18N4O5S. The zero-order valence-corrected chi connectivity index (χ0v) is 17.7. The van der Waals surface area contributed by atoms with Crippen LogP contribution >= 0.6 is 11.3 Å². The van der Waals surface area contributed by atoms with Crippen LogP contribution in [0, 0.1) is 17.0 Å². The highest BCUT2D eigenvalue weighted by molar-refractivity contribution is 7.15. The van der Waals surface area contributed by atoms with E-state index in [1.54, 1.807) is 23.5 Å². The second-order valence-electron chi connectivity index (χ2n) is 6.67. The molecule has 4 aromatic rings. The van der Waals surface area contributed by atoms with Crippen LogP contribution in [0.4, 0.5) is 11.4 Å². The summed E-state index contributed by atoms with van der Waals surface area (Å²) < 4.78 is 12.3. The number of nitro groups is 1. The van der Waals surface area contributed by atoms with Crippen molar-refractivity contribution in [1.82, 2.24) is 9.38 Å². The lowest BCUT2D eigenvalue weighted by Gasteiger charge is -2.11. The number of fused-ring (bicyclic) bond motifs is 1. The number of nitrogens with one attached hydrogen (secondary N) is 1. The normalized spacial score (nSPS) is 10.8. The Kier molecular flexibility index (Phi) is 5.30. The summed E-state index contributed by atoms with van der Waals surface area (Å²) in [4.78, 5) is 29.1. The quantitative estimate of drug-likeness (QED) is 0.350. The zero-order valence-electron chi connectivity index (χ0n) is 16.9. The van der Waals surface area contributed by atoms with E-state index in [2.05, 4.69) is 10.3 Å². The molecule has 0 aliphatic carbocycles. The lowest BCUT2D eigenvalue weighted by atomic mass is 10.1. The van der Waals surface area contributed by atoms with Gasteiger partial charge in [0.05, 0.1) is 30.9 Å². The number of anilines is 1. The predicted molar refractivity (Wildman–Crippen MR) is 117 cm³/mol. The molecule has 0 fully saturated rings. The van der Waals surface area contributed by atoms with Gasteiger partial charge in [0.15, 0.2) is 16.5 Å². The maximum Gasteiger partial charge on any atom is 0.286 e. The van der Waals surface area contributed by atoms with E-state index in [0.29, 0.717) is 5.69 Å². The predicted octanol–water partition coefficient (Wildman–Crippen LogP) is 4.55. The molecule has 0 aliphatic heterocycles. The maximum atomic E-state index is 12.8. The number of benzene rings is 2. The topological polar surface area (TPSA) is 108 Å². The van der Waals surface area contributed by atoms with Crippen LogP contribution in [0.25, 0.3) is 16.2 Å². The van der Waals surface area contributed by atoms with Gasteiger partial charge in [0, 0.05) is 34.6 Å². The zero-order chi connectivity index (χ0) is 22.1. The van der Waals surface area contributed by atoms with Crippen molar-refractivity contribution in [3.8, 4) is 22.8 Å². The molecule has 0 saturated carbocycles. The second kappa shape index (κ2) is 8.07. The number of nitro benzene ring substituents is 1. The van der Waals surface area contributed by atoms with E-state index < -0.39 is 10.8 Å². The summed E-state index contributed by atoms with van der Waals surface area (Å²) in [6, 6.07) is 9.57. The number of hydrogen-bond acceptors (Lipinski definition) is 7. The molecule has 31 heavy (non-hydrogen) atoms. The Morgan fingerprint density at radius 2 is 1.84 bits per heavy atom. The van der Waals surface area contributed by atoms with Gasteiger partial charge in [0.25, 0.3) is 11.6 Å². The molecule has 4 rings (SSSR count). The summed E-state index contributed by atoms with van der Waals surface area (Å²) in [7, 11) is 2.76. The first-order chi connectivity index (χ1) is 14.9. The van der Waals surface area contributed by atoms with E-state index in [4.69, 9.17) is 9.47 Å². The van der Waals surface area contributed by atoms with Crippen LogP contribution in [0.5, 0.6) is 11.5 Å².